The number of carbonyl (C=O) groups excluding carboxylic acids is 2. The molecule has 8 heteroatoms. The average molecular weight is 479 g/mol. The number of amides is 2. The van der Waals surface area contributed by atoms with Gasteiger partial charge in [0.2, 0.25) is 11.8 Å². The van der Waals surface area contributed by atoms with Gasteiger partial charge in [-0.05, 0) is 29.3 Å². The lowest BCUT2D eigenvalue weighted by Crippen LogP contribution is -2.63. The minimum Gasteiger partial charge on any atom is -0.379 e. The molecule has 1 N–H and O–H groups in total. The Morgan fingerprint density at radius 3 is 2.56 bits per heavy atom. The van der Waals surface area contributed by atoms with Crippen LogP contribution in [0.4, 0.5) is 0 Å². The van der Waals surface area contributed by atoms with Crippen LogP contribution >= 0.6 is 11.6 Å². The molecule has 2 amide bonds. The number of nitrogens with zero attached hydrogens (tertiary/aromatic N) is 3. The van der Waals surface area contributed by atoms with E-state index in [0.29, 0.717) is 18.0 Å². The first-order chi connectivity index (χ1) is 16.6. The number of hydrogen-bond acceptors (Lipinski definition) is 4. The van der Waals surface area contributed by atoms with Crippen molar-refractivity contribution in [2.24, 2.45) is 0 Å². The Kier molecular flexibility index (Phi) is 5.56. The molecule has 3 aromatic rings. The lowest BCUT2D eigenvalue weighted by molar-refractivity contribution is -0.158. The number of H-pyrrole nitrogens is 1. The van der Waals surface area contributed by atoms with Crippen LogP contribution in [-0.4, -0.2) is 83.5 Å². The second-order valence-corrected chi connectivity index (χ2v) is 9.69. The summed E-state index contributed by atoms with van der Waals surface area (Å²) in [6.45, 7) is 4.59. The largest absolute Gasteiger partial charge is 0.379 e. The van der Waals surface area contributed by atoms with Crippen molar-refractivity contribution in [3.8, 4) is 0 Å². The van der Waals surface area contributed by atoms with Crippen molar-refractivity contribution in [2.45, 2.75) is 18.5 Å². The second kappa shape index (κ2) is 8.73. The zero-order chi connectivity index (χ0) is 23.2. The molecule has 4 heterocycles. The number of ether oxygens (including phenoxy) is 1. The number of nitrogens with one attached hydrogen (secondary N) is 1. The molecule has 2 aromatic carbocycles. The van der Waals surface area contributed by atoms with Gasteiger partial charge in [0.25, 0.3) is 0 Å². The fraction of sp³-hybridized carbons (Fsp3) is 0.385. The molecule has 0 aliphatic carbocycles. The molecular weight excluding hydrogens is 452 g/mol. The molecule has 2 atom stereocenters. The Labute approximate surface area is 203 Å². The maximum atomic E-state index is 13.7. The first kappa shape index (κ1) is 21.6. The Morgan fingerprint density at radius 2 is 1.76 bits per heavy atom. The van der Waals surface area contributed by atoms with E-state index in [2.05, 4.69) is 16.0 Å². The van der Waals surface area contributed by atoms with Gasteiger partial charge >= 0.3 is 0 Å². The molecule has 34 heavy (non-hydrogen) atoms. The van der Waals surface area contributed by atoms with Gasteiger partial charge in [-0.15, -0.1) is 0 Å². The first-order valence-corrected chi connectivity index (χ1v) is 12.2. The summed E-state index contributed by atoms with van der Waals surface area (Å²) >= 11 is 6.16. The molecule has 6 rings (SSSR count). The summed E-state index contributed by atoms with van der Waals surface area (Å²) in [5, 5.41) is 1.75. The first-order valence-electron chi connectivity index (χ1n) is 11.8. The lowest BCUT2D eigenvalue weighted by atomic mass is 9.86. The molecule has 7 nitrogen and oxygen atoms in total. The van der Waals surface area contributed by atoms with Crippen LogP contribution in [0.2, 0.25) is 5.02 Å². The molecule has 0 radical (unpaired) electrons. The van der Waals surface area contributed by atoms with E-state index in [1.165, 1.54) is 0 Å². The Balaban J connectivity index is 1.37. The zero-order valence-electron chi connectivity index (χ0n) is 18.9. The highest BCUT2D eigenvalue weighted by molar-refractivity contribution is 6.30. The smallest absolute Gasteiger partial charge is 0.246 e. The molecule has 0 saturated carbocycles. The average Bonchev–Trinajstić information content (AvgIpc) is 3.24. The number of piperazine rings is 1. The van der Waals surface area contributed by atoms with Crippen LogP contribution in [0.5, 0.6) is 0 Å². The van der Waals surface area contributed by atoms with Gasteiger partial charge in [-0.3, -0.25) is 14.5 Å². The van der Waals surface area contributed by atoms with Gasteiger partial charge in [-0.25, -0.2) is 0 Å². The SMILES string of the molecule is O=C1C2Cc3c([nH]c4ccccc34)C(c3ccc(Cl)cc3)N2C(=O)CN1CCN1CCOCC1. The number of aromatic amines is 1. The number of hydrogen-bond donors (Lipinski definition) is 1. The minimum absolute atomic E-state index is 0.0177. The van der Waals surface area contributed by atoms with E-state index >= 15 is 0 Å². The molecular formula is C26H27ClN4O3. The van der Waals surface area contributed by atoms with Gasteiger partial charge in [0.1, 0.15) is 6.04 Å². The summed E-state index contributed by atoms with van der Waals surface area (Å²) in [5.74, 6) is 0.0126. The standard InChI is InChI=1S/C26H27ClN4O3/c27-18-7-5-17(6-8-18)25-24-20(19-3-1-2-4-21(19)28-24)15-22-26(33)30(16-23(32)31(22)25)10-9-29-11-13-34-14-12-29/h1-8,22,25,28H,9-16H2. The molecule has 0 spiro atoms. The van der Waals surface area contributed by atoms with Crippen LogP contribution in [0.1, 0.15) is 22.9 Å². The number of fused-ring (bicyclic) bond motifs is 4. The van der Waals surface area contributed by atoms with Crippen molar-refractivity contribution in [1.82, 2.24) is 19.7 Å². The van der Waals surface area contributed by atoms with Gasteiger partial charge in [0.05, 0.1) is 25.8 Å². The Bertz CT molecular complexity index is 1230. The van der Waals surface area contributed by atoms with E-state index < -0.39 is 6.04 Å². The number of morpholine rings is 1. The third-order valence-corrected chi connectivity index (χ3v) is 7.57. The molecule has 0 bridgehead atoms. The van der Waals surface area contributed by atoms with Gasteiger partial charge in [0.15, 0.2) is 0 Å². The predicted molar refractivity (Wildman–Crippen MR) is 130 cm³/mol. The molecule has 2 fully saturated rings. The number of para-hydroxylation sites is 1. The van der Waals surface area contributed by atoms with E-state index in [0.717, 1.165) is 60.6 Å². The second-order valence-electron chi connectivity index (χ2n) is 9.25. The molecule has 176 valence electrons. The summed E-state index contributed by atoms with van der Waals surface area (Å²) in [7, 11) is 0. The van der Waals surface area contributed by atoms with Crippen molar-refractivity contribution in [1.29, 1.82) is 0 Å². The Hall–Kier alpha value is -2.87. The molecule has 3 aliphatic rings. The molecule has 1 aromatic heterocycles. The number of carbonyl (C=O) groups is 2. The maximum Gasteiger partial charge on any atom is 0.246 e. The quantitative estimate of drug-likeness (QED) is 0.626. The number of rotatable bonds is 4. The maximum absolute atomic E-state index is 13.7. The Morgan fingerprint density at radius 1 is 1.00 bits per heavy atom. The minimum atomic E-state index is -0.515. The number of benzene rings is 2. The van der Waals surface area contributed by atoms with Crippen LogP contribution in [-0.2, 0) is 20.7 Å². The van der Waals surface area contributed by atoms with Gasteiger partial charge in [0, 0.05) is 54.2 Å². The molecule has 2 saturated heterocycles. The fourth-order valence-electron chi connectivity index (χ4n) is 5.59. The van der Waals surface area contributed by atoms with Crippen LogP contribution in [0.25, 0.3) is 10.9 Å². The third kappa shape index (κ3) is 3.68. The molecule has 2 unspecified atom stereocenters. The van der Waals surface area contributed by atoms with Gasteiger partial charge < -0.3 is 19.5 Å². The van der Waals surface area contributed by atoms with E-state index in [4.69, 9.17) is 16.3 Å². The van der Waals surface area contributed by atoms with Crippen LogP contribution in [0.15, 0.2) is 48.5 Å². The van der Waals surface area contributed by atoms with Gasteiger partial charge in [-0.1, -0.05) is 41.9 Å². The van der Waals surface area contributed by atoms with Crippen LogP contribution < -0.4 is 0 Å². The number of halogens is 1. The highest BCUT2D eigenvalue weighted by atomic mass is 35.5. The van der Waals surface area contributed by atoms with Gasteiger partial charge in [-0.2, -0.15) is 0 Å². The third-order valence-electron chi connectivity index (χ3n) is 7.32. The van der Waals surface area contributed by atoms with Crippen molar-refractivity contribution in [3.63, 3.8) is 0 Å². The number of aromatic nitrogens is 1. The van der Waals surface area contributed by atoms with Crippen LogP contribution in [0, 0.1) is 0 Å². The molecule has 3 aliphatic heterocycles. The summed E-state index contributed by atoms with van der Waals surface area (Å²) in [6, 6.07) is 14.9. The van der Waals surface area contributed by atoms with E-state index in [-0.39, 0.29) is 24.4 Å². The highest BCUT2D eigenvalue weighted by Crippen LogP contribution is 2.42. The van der Waals surface area contributed by atoms with Crippen molar-refractivity contribution < 1.29 is 14.3 Å². The summed E-state index contributed by atoms with van der Waals surface area (Å²) in [4.78, 5) is 36.7. The predicted octanol–water partition coefficient (Wildman–Crippen LogP) is 2.84. The normalized spacial score (nSPS) is 23.3. The van der Waals surface area contributed by atoms with E-state index in [1.807, 2.05) is 42.5 Å². The van der Waals surface area contributed by atoms with Crippen molar-refractivity contribution >= 4 is 34.3 Å². The van der Waals surface area contributed by atoms with E-state index in [9.17, 15) is 9.59 Å². The van der Waals surface area contributed by atoms with Crippen molar-refractivity contribution in [2.75, 3.05) is 45.9 Å². The fourth-order valence-corrected chi connectivity index (χ4v) is 5.72. The van der Waals surface area contributed by atoms with Crippen molar-refractivity contribution in [3.05, 3.63) is 70.4 Å². The van der Waals surface area contributed by atoms with E-state index in [1.54, 1.807) is 9.80 Å². The summed E-state index contributed by atoms with van der Waals surface area (Å²) in [6.07, 6.45) is 0.516. The summed E-state index contributed by atoms with van der Waals surface area (Å²) < 4.78 is 5.43. The summed E-state index contributed by atoms with van der Waals surface area (Å²) in [5.41, 5.74) is 4.08. The lowest BCUT2D eigenvalue weighted by Gasteiger charge is -2.47. The monoisotopic (exact) mass is 478 g/mol. The zero-order valence-corrected chi connectivity index (χ0v) is 19.6. The highest BCUT2D eigenvalue weighted by Gasteiger charge is 2.48. The van der Waals surface area contributed by atoms with Crippen LogP contribution in [0.3, 0.4) is 0 Å². The topological polar surface area (TPSA) is 68.9 Å².